The summed E-state index contributed by atoms with van der Waals surface area (Å²) in [6, 6.07) is 8.72. The summed E-state index contributed by atoms with van der Waals surface area (Å²) in [5, 5.41) is 0. The third kappa shape index (κ3) is 2.83. The highest BCUT2D eigenvalue weighted by Crippen LogP contribution is 2.39. The maximum Gasteiger partial charge on any atom is 0.149 e. The van der Waals surface area contributed by atoms with E-state index in [1.54, 1.807) is 48.0 Å². The number of hydrogen-bond acceptors (Lipinski definition) is 5. The first kappa shape index (κ1) is 15.6. The van der Waals surface area contributed by atoms with Gasteiger partial charge in [0.2, 0.25) is 0 Å². The van der Waals surface area contributed by atoms with Crippen molar-refractivity contribution in [2.24, 2.45) is 7.05 Å². The van der Waals surface area contributed by atoms with Gasteiger partial charge in [-0.05, 0) is 24.3 Å². The van der Waals surface area contributed by atoms with Gasteiger partial charge in [0.25, 0.3) is 0 Å². The van der Waals surface area contributed by atoms with E-state index in [1.807, 2.05) is 23.9 Å². The number of imidazole rings is 1. The van der Waals surface area contributed by atoms with Crippen molar-refractivity contribution in [3.8, 4) is 22.2 Å². The number of anilines is 1. The molecule has 0 aliphatic rings. The average molecular weight is 354 g/mol. The summed E-state index contributed by atoms with van der Waals surface area (Å²) in [4.78, 5) is 9.77. The molecular formula is C18H15FN4OS. The molecule has 0 unspecified atom stereocenters. The van der Waals surface area contributed by atoms with Gasteiger partial charge in [-0.2, -0.15) is 0 Å². The standard InChI is InChI=1S/C18H15FN4OS/c1-23-7-6-22-18(23)16-9-13-17(25-16)15(4-5-21-13)24-14-3-2-12(20)8-11(14)10-19/h2-9H,10,20H2,1H3. The molecule has 0 aliphatic carbocycles. The molecule has 7 heteroatoms. The molecule has 0 amide bonds. The van der Waals surface area contributed by atoms with Crippen LogP contribution in [0.25, 0.3) is 20.9 Å². The molecule has 0 saturated carbocycles. The molecule has 5 nitrogen and oxygen atoms in total. The Hall–Kier alpha value is -2.93. The van der Waals surface area contributed by atoms with Gasteiger partial charge in [0.15, 0.2) is 0 Å². The molecule has 0 saturated heterocycles. The van der Waals surface area contributed by atoms with E-state index in [0.29, 0.717) is 22.7 Å². The Labute approximate surface area is 147 Å². The zero-order valence-corrected chi connectivity index (χ0v) is 14.3. The zero-order chi connectivity index (χ0) is 17.4. The largest absolute Gasteiger partial charge is 0.455 e. The van der Waals surface area contributed by atoms with Crippen LogP contribution in [0.1, 0.15) is 5.56 Å². The Kier molecular flexibility index (Phi) is 3.85. The summed E-state index contributed by atoms with van der Waals surface area (Å²) >= 11 is 1.54. The number of aromatic nitrogens is 3. The molecule has 0 bridgehead atoms. The lowest BCUT2D eigenvalue weighted by Gasteiger charge is -2.10. The lowest BCUT2D eigenvalue weighted by atomic mass is 10.2. The number of nitrogen functional groups attached to an aromatic ring is 1. The fraction of sp³-hybridized carbons (Fsp3) is 0.111. The van der Waals surface area contributed by atoms with Gasteiger partial charge >= 0.3 is 0 Å². The van der Waals surface area contributed by atoms with Crippen LogP contribution >= 0.6 is 11.3 Å². The van der Waals surface area contributed by atoms with E-state index in [-0.39, 0.29) is 0 Å². The molecule has 3 aromatic heterocycles. The third-order valence-corrected chi connectivity index (χ3v) is 5.00. The number of hydrogen-bond donors (Lipinski definition) is 1. The monoisotopic (exact) mass is 354 g/mol. The van der Waals surface area contributed by atoms with Crippen LogP contribution in [-0.4, -0.2) is 14.5 Å². The lowest BCUT2D eigenvalue weighted by molar-refractivity contribution is 0.442. The summed E-state index contributed by atoms with van der Waals surface area (Å²) in [6.45, 7) is -0.641. The average Bonchev–Trinajstić information content (AvgIpc) is 3.22. The van der Waals surface area contributed by atoms with Crippen LogP contribution in [0.5, 0.6) is 11.5 Å². The second-order valence-electron chi connectivity index (χ2n) is 5.60. The lowest BCUT2D eigenvalue weighted by Crippen LogP contribution is -1.93. The summed E-state index contributed by atoms with van der Waals surface area (Å²) in [6.07, 6.45) is 5.33. The smallest absolute Gasteiger partial charge is 0.149 e. The van der Waals surface area contributed by atoms with E-state index in [9.17, 15) is 4.39 Å². The van der Waals surface area contributed by atoms with Crippen molar-refractivity contribution < 1.29 is 9.13 Å². The van der Waals surface area contributed by atoms with E-state index in [0.717, 1.165) is 20.9 Å². The van der Waals surface area contributed by atoms with Gasteiger partial charge in [0, 0.05) is 43.0 Å². The Morgan fingerprint density at radius 2 is 2.04 bits per heavy atom. The first-order valence-corrected chi connectivity index (χ1v) is 8.46. The van der Waals surface area contributed by atoms with E-state index < -0.39 is 6.67 Å². The number of thiophene rings is 1. The van der Waals surface area contributed by atoms with Crippen LogP contribution in [0.15, 0.2) is 48.9 Å². The van der Waals surface area contributed by atoms with Gasteiger partial charge in [-0.3, -0.25) is 4.98 Å². The topological polar surface area (TPSA) is 66.0 Å². The summed E-state index contributed by atoms with van der Waals surface area (Å²) in [7, 11) is 1.94. The molecule has 0 radical (unpaired) electrons. The number of benzene rings is 1. The van der Waals surface area contributed by atoms with Crippen molar-refractivity contribution >= 4 is 27.2 Å². The number of rotatable bonds is 4. The molecular weight excluding hydrogens is 339 g/mol. The van der Waals surface area contributed by atoms with E-state index >= 15 is 0 Å². The fourth-order valence-electron chi connectivity index (χ4n) is 2.63. The quantitative estimate of drug-likeness (QED) is 0.546. The van der Waals surface area contributed by atoms with Crippen molar-refractivity contribution in [1.82, 2.24) is 14.5 Å². The van der Waals surface area contributed by atoms with Gasteiger partial charge in [0.1, 0.15) is 24.0 Å². The van der Waals surface area contributed by atoms with Crippen LogP contribution in [0.3, 0.4) is 0 Å². The minimum absolute atomic E-state index is 0.422. The normalized spacial score (nSPS) is 11.1. The minimum atomic E-state index is -0.641. The first-order chi connectivity index (χ1) is 12.2. The molecule has 4 rings (SSSR count). The maximum atomic E-state index is 13.3. The highest BCUT2D eigenvalue weighted by Gasteiger charge is 2.14. The van der Waals surface area contributed by atoms with Gasteiger partial charge < -0.3 is 15.0 Å². The predicted octanol–water partition coefficient (Wildman–Crippen LogP) is 4.54. The van der Waals surface area contributed by atoms with Crippen molar-refractivity contribution in [3.05, 3.63) is 54.5 Å². The predicted molar refractivity (Wildman–Crippen MR) is 97.6 cm³/mol. The van der Waals surface area contributed by atoms with E-state index in [1.165, 1.54) is 0 Å². The number of nitrogens with zero attached hydrogens (tertiary/aromatic N) is 3. The molecule has 0 atom stereocenters. The van der Waals surface area contributed by atoms with Crippen LogP contribution in [0, 0.1) is 0 Å². The molecule has 126 valence electrons. The first-order valence-electron chi connectivity index (χ1n) is 7.64. The van der Waals surface area contributed by atoms with Crippen molar-refractivity contribution in [3.63, 3.8) is 0 Å². The van der Waals surface area contributed by atoms with Crippen molar-refractivity contribution in [2.45, 2.75) is 6.67 Å². The molecule has 4 aromatic rings. The number of ether oxygens (including phenoxy) is 1. The number of halogens is 1. The van der Waals surface area contributed by atoms with Crippen LogP contribution in [-0.2, 0) is 13.7 Å². The number of fused-ring (bicyclic) bond motifs is 1. The SMILES string of the molecule is Cn1ccnc1-c1cc2nccc(Oc3ccc(N)cc3CF)c2s1. The molecule has 2 N–H and O–H groups in total. The molecule has 1 aromatic carbocycles. The van der Waals surface area contributed by atoms with Crippen LogP contribution in [0.2, 0.25) is 0 Å². The van der Waals surface area contributed by atoms with E-state index in [2.05, 4.69) is 9.97 Å². The summed E-state index contributed by atoms with van der Waals surface area (Å²) in [5.41, 5.74) is 7.47. The van der Waals surface area contributed by atoms with Crippen molar-refractivity contribution in [2.75, 3.05) is 5.73 Å². The second-order valence-corrected chi connectivity index (χ2v) is 6.65. The molecule has 0 aliphatic heterocycles. The molecule has 0 spiro atoms. The van der Waals surface area contributed by atoms with Gasteiger partial charge in [-0.25, -0.2) is 9.37 Å². The highest BCUT2D eigenvalue weighted by molar-refractivity contribution is 7.22. The number of alkyl halides is 1. The van der Waals surface area contributed by atoms with Gasteiger partial charge in [-0.1, -0.05) is 0 Å². The third-order valence-electron chi connectivity index (χ3n) is 3.87. The maximum absolute atomic E-state index is 13.3. The van der Waals surface area contributed by atoms with Gasteiger partial charge in [-0.15, -0.1) is 11.3 Å². The number of aryl methyl sites for hydroxylation is 1. The van der Waals surface area contributed by atoms with Gasteiger partial charge in [0.05, 0.1) is 15.1 Å². The van der Waals surface area contributed by atoms with Crippen LogP contribution in [0.4, 0.5) is 10.1 Å². The number of nitrogens with two attached hydrogens (primary N) is 1. The summed E-state index contributed by atoms with van der Waals surface area (Å²) in [5.74, 6) is 1.96. The second kappa shape index (κ2) is 6.18. The Morgan fingerprint density at radius 3 is 2.80 bits per heavy atom. The van der Waals surface area contributed by atoms with Crippen LogP contribution < -0.4 is 10.5 Å². The molecule has 3 heterocycles. The Morgan fingerprint density at radius 1 is 1.16 bits per heavy atom. The molecule has 25 heavy (non-hydrogen) atoms. The zero-order valence-electron chi connectivity index (χ0n) is 13.4. The minimum Gasteiger partial charge on any atom is -0.455 e. The van der Waals surface area contributed by atoms with E-state index in [4.69, 9.17) is 10.5 Å². The molecule has 0 fully saturated rings. The highest BCUT2D eigenvalue weighted by atomic mass is 32.1. The number of pyridine rings is 1. The summed E-state index contributed by atoms with van der Waals surface area (Å²) < 4.78 is 22.1. The Bertz CT molecular complexity index is 1060. The Balaban J connectivity index is 1.78. The fourth-order valence-corrected chi connectivity index (χ4v) is 3.74. The van der Waals surface area contributed by atoms with Crippen molar-refractivity contribution in [1.29, 1.82) is 0 Å².